The fourth-order valence-electron chi connectivity index (χ4n) is 4.19. The van der Waals surface area contributed by atoms with Gasteiger partial charge in [-0.25, -0.2) is 0 Å². The summed E-state index contributed by atoms with van der Waals surface area (Å²) in [5.74, 6) is -0.665. The van der Waals surface area contributed by atoms with Crippen molar-refractivity contribution < 1.29 is 33.3 Å². The number of rotatable bonds is 17. The summed E-state index contributed by atoms with van der Waals surface area (Å²) < 4.78 is 21.3. The molecule has 0 saturated carbocycles. The smallest absolute Gasteiger partial charge is 0.305 e. The zero-order valence-electron chi connectivity index (χ0n) is 21.5. The van der Waals surface area contributed by atoms with Crippen molar-refractivity contribution >= 4 is 17.8 Å². The highest BCUT2D eigenvalue weighted by molar-refractivity contribution is 5.79. The molecule has 0 atom stereocenters. The summed E-state index contributed by atoms with van der Waals surface area (Å²) in [5.41, 5.74) is 4.80. The molecule has 0 radical (unpaired) electrons. The van der Waals surface area contributed by atoms with Crippen LogP contribution in [0.4, 0.5) is 0 Å². The van der Waals surface area contributed by atoms with Gasteiger partial charge in [-0.2, -0.15) is 0 Å². The van der Waals surface area contributed by atoms with Gasteiger partial charge in [0.05, 0.1) is 19.8 Å². The van der Waals surface area contributed by atoms with Crippen molar-refractivity contribution in [2.75, 3.05) is 46.2 Å². The molecule has 0 bridgehead atoms. The second-order valence-corrected chi connectivity index (χ2v) is 8.85. The van der Waals surface area contributed by atoms with Crippen LogP contribution in [0.2, 0.25) is 0 Å². The highest BCUT2D eigenvalue weighted by Gasteiger charge is 2.28. The standard InChI is InChI=1S/C29H37NO7/c1-2-16-36-28(32)13-7-15-30-27(31)21-35-19-18-34-17-8-14-29(33)37-20-26-24-11-5-3-9-22(24)23-10-4-6-12-25(23)26/h3-6,9-12,26H,2,7-8,13-21H2,1H3,(H,30,31). The number of hydrogen-bond acceptors (Lipinski definition) is 7. The van der Waals surface area contributed by atoms with Crippen molar-refractivity contribution in [2.45, 2.75) is 44.9 Å². The fourth-order valence-corrected chi connectivity index (χ4v) is 4.19. The first kappa shape index (κ1) is 28.3. The number of esters is 2. The van der Waals surface area contributed by atoms with Crippen LogP contribution in [0.15, 0.2) is 48.5 Å². The number of amides is 1. The van der Waals surface area contributed by atoms with Crippen LogP contribution < -0.4 is 5.32 Å². The Labute approximate surface area is 218 Å². The van der Waals surface area contributed by atoms with Crippen LogP contribution in [0.25, 0.3) is 11.1 Å². The van der Waals surface area contributed by atoms with Crippen molar-refractivity contribution in [2.24, 2.45) is 0 Å². The van der Waals surface area contributed by atoms with E-state index in [1.807, 2.05) is 31.2 Å². The molecule has 1 N–H and O–H groups in total. The fraction of sp³-hybridized carbons (Fsp3) is 0.483. The van der Waals surface area contributed by atoms with Gasteiger partial charge in [-0.05, 0) is 41.5 Å². The van der Waals surface area contributed by atoms with E-state index in [-0.39, 0.29) is 49.8 Å². The van der Waals surface area contributed by atoms with Gasteiger partial charge in [-0.3, -0.25) is 14.4 Å². The van der Waals surface area contributed by atoms with Crippen LogP contribution in [0.3, 0.4) is 0 Å². The summed E-state index contributed by atoms with van der Waals surface area (Å²) in [6.45, 7) is 4.05. The average Bonchev–Trinajstić information content (AvgIpc) is 3.24. The Bertz CT molecular complexity index is 977. The van der Waals surface area contributed by atoms with Crippen molar-refractivity contribution in [1.82, 2.24) is 5.32 Å². The Kier molecular flexibility index (Phi) is 12.1. The molecule has 2 aromatic carbocycles. The summed E-state index contributed by atoms with van der Waals surface area (Å²) in [7, 11) is 0. The summed E-state index contributed by atoms with van der Waals surface area (Å²) >= 11 is 0. The number of fused-ring (bicyclic) bond motifs is 3. The highest BCUT2D eigenvalue weighted by Crippen LogP contribution is 2.44. The van der Waals surface area contributed by atoms with Crippen LogP contribution in [0.5, 0.6) is 0 Å². The topological polar surface area (TPSA) is 100 Å². The molecule has 0 unspecified atom stereocenters. The molecule has 0 aromatic heterocycles. The lowest BCUT2D eigenvalue weighted by Gasteiger charge is -2.14. The molecule has 0 heterocycles. The first-order valence-corrected chi connectivity index (χ1v) is 13.0. The van der Waals surface area contributed by atoms with Gasteiger partial charge in [0.2, 0.25) is 5.91 Å². The maximum Gasteiger partial charge on any atom is 0.305 e. The second kappa shape index (κ2) is 15.8. The average molecular weight is 512 g/mol. The van der Waals surface area contributed by atoms with Crippen molar-refractivity contribution in [3.63, 3.8) is 0 Å². The minimum atomic E-state index is -0.247. The third kappa shape index (κ3) is 9.30. The Morgan fingerprint density at radius 1 is 0.757 bits per heavy atom. The number of carbonyl (C=O) groups excluding carboxylic acids is 3. The van der Waals surface area contributed by atoms with Crippen molar-refractivity contribution in [3.05, 3.63) is 59.7 Å². The minimum absolute atomic E-state index is 0.0595. The molecule has 3 rings (SSSR count). The van der Waals surface area contributed by atoms with E-state index in [2.05, 4.69) is 29.6 Å². The van der Waals surface area contributed by atoms with E-state index >= 15 is 0 Å². The van der Waals surface area contributed by atoms with Gasteiger partial charge in [0, 0.05) is 31.9 Å². The molecule has 8 nitrogen and oxygen atoms in total. The van der Waals surface area contributed by atoms with Gasteiger partial charge in [-0.1, -0.05) is 55.5 Å². The van der Waals surface area contributed by atoms with E-state index in [1.165, 1.54) is 22.3 Å². The van der Waals surface area contributed by atoms with E-state index in [4.69, 9.17) is 18.9 Å². The monoisotopic (exact) mass is 511 g/mol. The lowest BCUT2D eigenvalue weighted by atomic mass is 9.98. The van der Waals surface area contributed by atoms with Crippen LogP contribution in [0, 0.1) is 0 Å². The van der Waals surface area contributed by atoms with Crippen LogP contribution >= 0.6 is 0 Å². The van der Waals surface area contributed by atoms with Crippen molar-refractivity contribution in [3.8, 4) is 11.1 Å². The summed E-state index contributed by atoms with van der Waals surface area (Å²) in [6, 6.07) is 16.5. The van der Waals surface area contributed by atoms with Crippen LogP contribution in [0.1, 0.15) is 56.1 Å². The first-order chi connectivity index (χ1) is 18.1. The molecule has 1 amide bonds. The number of benzene rings is 2. The molecule has 200 valence electrons. The molecule has 0 aliphatic heterocycles. The van der Waals surface area contributed by atoms with Crippen molar-refractivity contribution in [1.29, 1.82) is 0 Å². The summed E-state index contributed by atoms with van der Waals surface area (Å²) in [4.78, 5) is 35.3. The van der Waals surface area contributed by atoms with Gasteiger partial charge in [0.25, 0.3) is 0 Å². The second-order valence-electron chi connectivity index (χ2n) is 8.85. The third-order valence-electron chi connectivity index (χ3n) is 6.00. The summed E-state index contributed by atoms with van der Waals surface area (Å²) in [6.07, 6.45) is 2.44. The predicted molar refractivity (Wildman–Crippen MR) is 139 cm³/mol. The van der Waals surface area contributed by atoms with E-state index in [0.29, 0.717) is 45.8 Å². The lowest BCUT2D eigenvalue weighted by Crippen LogP contribution is -2.29. The third-order valence-corrected chi connectivity index (χ3v) is 6.00. The molecular formula is C29H37NO7. The SMILES string of the molecule is CCCOC(=O)CCCNC(=O)COCCOCCCC(=O)OCC1c2ccccc2-c2ccccc21. The van der Waals surface area contributed by atoms with E-state index in [9.17, 15) is 14.4 Å². The maximum absolute atomic E-state index is 12.3. The van der Waals surface area contributed by atoms with Crippen LogP contribution in [-0.4, -0.2) is 64.0 Å². The molecule has 0 fully saturated rings. The molecule has 8 heteroatoms. The number of carbonyl (C=O) groups is 3. The highest BCUT2D eigenvalue weighted by atomic mass is 16.5. The van der Waals surface area contributed by atoms with Gasteiger partial charge >= 0.3 is 11.9 Å². The van der Waals surface area contributed by atoms with Gasteiger partial charge in [0.15, 0.2) is 0 Å². The van der Waals surface area contributed by atoms with Crippen LogP contribution in [-0.2, 0) is 33.3 Å². The van der Waals surface area contributed by atoms with E-state index in [1.54, 1.807) is 0 Å². The Hall–Kier alpha value is -3.23. The largest absolute Gasteiger partial charge is 0.466 e. The van der Waals surface area contributed by atoms with Gasteiger partial charge in [-0.15, -0.1) is 0 Å². The molecule has 37 heavy (non-hydrogen) atoms. The number of hydrogen-bond donors (Lipinski definition) is 1. The molecule has 2 aromatic rings. The normalized spacial score (nSPS) is 12.0. The molecular weight excluding hydrogens is 474 g/mol. The number of nitrogens with one attached hydrogen (secondary N) is 1. The molecule has 0 saturated heterocycles. The molecule has 1 aliphatic rings. The Balaban J connectivity index is 1.19. The predicted octanol–water partition coefficient (Wildman–Crippen LogP) is 4.01. The van der Waals surface area contributed by atoms with Gasteiger partial charge < -0.3 is 24.3 Å². The summed E-state index contributed by atoms with van der Waals surface area (Å²) in [5, 5.41) is 2.70. The first-order valence-electron chi connectivity index (χ1n) is 13.0. The quantitative estimate of drug-likeness (QED) is 0.253. The maximum atomic E-state index is 12.3. The Morgan fingerprint density at radius 3 is 2.08 bits per heavy atom. The molecule has 0 spiro atoms. The lowest BCUT2D eigenvalue weighted by molar-refractivity contribution is -0.145. The Morgan fingerprint density at radius 2 is 1.38 bits per heavy atom. The minimum Gasteiger partial charge on any atom is -0.466 e. The van der Waals surface area contributed by atoms with Gasteiger partial charge in [0.1, 0.15) is 13.2 Å². The van der Waals surface area contributed by atoms with E-state index < -0.39 is 0 Å². The zero-order chi connectivity index (χ0) is 26.3. The number of ether oxygens (including phenoxy) is 4. The molecule has 1 aliphatic carbocycles. The zero-order valence-corrected chi connectivity index (χ0v) is 21.5. The van der Waals surface area contributed by atoms with E-state index in [0.717, 1.165) is 6.42 Å².